The van der Waals surface area contributed by atoms with Gasteiger partial charge in [-0.3, -0.25) is 0 Å². The molecule has 1 aliphatic carbocycles. The third kappa shape index (κ3) is 4.30. The molecular formula is C15H24O2Si. The summed E-state index contributed by atoms with van der Waals surface area (Å²) in [5.41, 5.74) is 2.99. The van der Waals surface area contributed by atoms with E-state index in [1.807, 2.05) is 12.2 Å². The Hall–Kier alpha value is -1.09. The minimum atomic E-state index is -1.69. The molecule has 1 rings (SSSR count). The van der Waals surface area contributed by atoms with Crippen LogP contribution in [0.15, 0.2) is 37.1 Å². The van der Waals surface area contributed by atoms with Gasteiger partial charge in [-0.15, -0.1) is 0 Å². The lowest BCUT2D eigenvalue weighted by Gasteiger charge is -2.35. The number of carbonyl (C=O) groups excluding carboxylic acids is 1. The highest BCUT2D eigenvalue weighted by Gasteiger charge is 2.36. The minimum absolute atomic E-state index is 0.309. The molecule has 0 aromatic carbocycles. The number of hydrogen-bond donors (Lipinski definition) is 0. The molecular weight excluding hydrogens is 240 g/mol. The predicted molar refractivity (Wildman–Crippen MR) is 78.9 cm³/mol. The molecule has 1 unspecified atom stereocenters. The van der Waals surface area contributed by atoms with Gasteiger partial charge in [0, 0.05) is 6.08 Å². The highest BCUT2D eigenvalue weighted by Crippen LogP contribution is 2.37. The standard InChI is InChI=1S/C15H24O2Si/c1-4-6-12-18(3,13-17-15(16)5-2)14-10-8-7-9-11-14/h4-6,12,14H,1-2,7-11,13H2,3H3/b12-6+. The molecule has 0 aliphatic heterocycles. The van der Waals surface area contributed by atoms with Crippen molar-refractivity contribution < 1.29 is 9.53 Å². The maximum atomic E-state index is 11.3. The average molecular weight is 264 g/mol. The summed E-state index contributed by atoms with van der Waals surface area (Å²) in [5.74, 6) is -0.309. The molecule has 100 valence electrons. The molecule has 0 bridgehead atoms. The number of ether oxygens (including phenoxy) is 1. The molecule has 0 heterocycles. The molecule has 18 heavy (non-hydrogen) atoms. The number of esters is 1. The summed E-state index contributed by atoms with van der Waals surface area (Å²) >= 11 is 0. The second-order valence-electron chi connectivity index (χ2n) is 5.25. The SMILES string of the molecule is C=C/C=C/[Si](C)(COC(=O)C=C)C1CCCCC1. The minimum Gasteiger partial charge on any atom is -0.466 e. The average Bonchev–Trinajstić information content (AvgIpc) is 2.43. The molecule has 0 spiro atoms. The Labute approximate surface area is 111 Å². The smallest absolute Gasteiger partial charge is 0.329 e. The van der Waals surface area contributed by atoms with Gasteiger partial charge in [0.15, 0.2) is 0 Å². The number of rotatable bonds is 6. The predicted octanol–water partition coefficient (Wildman–Crippen LogP) is 3.95. The summed E-state index contributed by atoms with van der Waals surface area (Å²) in [5, 5.41) is 0. The molecule has 0 amide bonds. The quantitative estimate of drug-likeness (QED) is 0.314. The molecule has 1 fully saturated rings. The summed E-state index contributed by atoms with van der Waals surface area (Å²) in [6.07, 6.45) is 12.1. The number of carbonyl (C=O) groups is 1. The second-order valence-corrected chi connectivity index (χ2v) is 9.70. The fourth-order valence-corrected chi connectivity index (χ4v) is 6.00. The van der Waals surface area contributed by atoms with Gasteiger partial charge in [0.1, 0.15) is 8.07 Å². The lowest BCUT2D eigenvalue weighted by Crippen LogP contribution is -2.42. The Bertz CT molecular complexity index is 329. The highest BCUT2D eigenvalue weighted by atomic mass is 28.3. The van der Waals surface area contributed by atoms with Crippen molar-refractivity contribution >= 4 is 14.0 Å². The van der Waals surface area contributed by atoms with Crippen LogP contribution in [0.4, 0.5) is 0 Å². The Morgan fingerprint density at radius 2 is 2.00 bits per heavy atom. The van der Waals surface area contributed by atoms with Crippen LogP contribution in [0.2, 0.25) is 12.1 Å². The van der Waals surface area contributed by atoms with Gasteiger partial charge in [0.05, 0.1) is 6.23 Å². The summed E-state index contributed by atoms with van der Waals surface area (Å²) in [7, 11) is -1.69. The van der Waals surface area contributed by atoms with Crippen LogP contribution >= 0.6 is 0 Å². The van der Waals surface area contributed by atoms with E-state index in [2.05, 4.69) is 25.4 Å². The van der Waals surface area contributed by atoms with Crippen molar-refractivity contribution in [2.45, 2.75) is 44.2 Å². The fraction of sp³-hybridized carbons (Fsp3) is 0.533. The molecule has 3 heteroatoms. The fourth-order valence-electron chi connectivity index (χ4n) is 2.64. The maximum absolute atomic E-state index is 11.3. The van der Waals surface area contributed by atoms with E-state index in [1.165, 1.54) is 38.2 Å². The third-order valence-corrected chi connectivity index (χ3v) is 8.01. The number of allylic oxidation sites excluding steroid dienone is 2. The van der Waals surface area contributed by atoms with Crippen LogP contribution in [0.25, 0.3) is 0 Å². The zero-order valence-electron chi connectivity index (χ0n) is 11.4. The van der Waals surface area contributed by atoms with Gasteiger partial charge >= 0.3 is 5.97 Å². The summed E-state index contributed by atoms with van der Waals surface area (Å²) in [4.78, 5) is 11.3. The van der Waals surface area contributed by atoms with Gasteiger partial charge in [0.2, 0.25) is 0 Å². The molecule has 0 saturated heterocycles. The van der Waals surface area contributed by atoms with Crippen molar-refractivity contribution in [3.8, 4) is 0 Å². The lowest BCUT2D eigenvalue weighted by atomic mass is 10.0. The van der Waals surface area contributed by atoms with Gasteiger partial charge in [-0.25, -0.2) is 4.79 Å². The van der Waals surface area contributed by atoms with E-state index in [0.717, 1.165) is 5.54 Å². The molecule has 1 saturated carbocycles. The van der Waals surface area contributed by atoms with E-state index in [1.54, 1.807) is 0 Å². The molecule has 1 atom stereocenters. The summed E-state index contributed by atoms with van der Waals surface area (Å²) in [6, 6.07) is 0. The van der Waals surface area contributed by atoms with E-state index in [-0.39, 0.29) is 5.97 Å². The monoisotopic (exact) mass is 264 g/mol. The van der Waals surface area contributed by atoms with Crippen molar-refractivity contribution in [2.24, 2.45) is 0 Å². The van der Waals surface area contributed by atoms with Gasteiger partial charge in [0.25, 0.3) is 0 Å². The first-order valence-corrected chi connectivity index (χ1v) is 9.58. The second kappa shape index (κ2) is 7.37. The van der Waals surface area contributed by atoms with Crippen molar-refractivity contribution in [1.82, 2.24) is 0 Å². The third-order valence-electron chi connectivity index (χ3n) is 3.84. The van der Waals surface area contributed by atoms with Gasteiger partial charge < -0.3 is 4.74 Å². The van der Waals surface area contributed by atoms with Crippen LogP contribution in [-0.4, -0.2) is 20.3 Å². The van der Waals surface area contributed by atoms with Crippen LogP contribution in [0.3, 0.4) is 0 Å². The first-order valence-electron chi connectivity index (χ1n) is 6.72. The van der Waals surface area contributed by atoms with E-state index in [4.69, 9.17) is 4.74 Å². The van der Waals surface area contributed by atoms with Gasteiger partial charge in [-0.1, -0.05) is 69.7 Å². The van der Waals surface area contributed by atoms with Gasteiger partial charge in [-0.05, 0) is 5.54 Å². The van der Waals surface area contributed by atoms with E-state index < -0.39 is 8.07 Å². The van der Waals surface area contributed by atoms with Crippen LogP contribution in [-0.2, 0) is 9.53 Å². The first kappa shape index (κ1) is 15.0. The number of hydrogen-bond acceptors (Lipinski definition) is 2. The van der Waals surface area contributed by atoms with E-state index >= 15 is 0 Å². The van der Waals surface area contributed by atoms with Crippen LogP contribution in [0.5, 0.6) is 0 Å². The maximum Gasteiger partial charge on any atom is 0.329 e. The Balaban J connectivity index is 2.72. The van der Waals surface area contributed by atoms with E-state index in [9.17, 15) is 4.79 Å². The van der Waals surface area contributed by atoms with Crippen LogP contribution < -0.4 is 0 Å². The van der Waals surface area contributed by atoms with Gasteiger partial charge in [-0.2, -0.15) is 0 Å². The molecule has 2 nitrogen and oxygen atoms in total. The Morgan fingerprint density at radius 1 is 1.33 bits per heavy atom. The molecule has 0 radical (unpaired) electrons. The molecule has 0 aromatic heterocycles. The molecule has 0 aromatic rings. The zero-order valence-corrected chi connectivity index (χ0v) is 12.4. The normalized spacial score (nSPS) is 20.3. The lowest BCUT2D eigenvalue weighted by molar-refractivity contribution is -0.136. The summed E-state index contributed by atoms with van der Waals surface area (Å²) in [6.45, 7) is 9.48. The van der Waals surface area contributed by atoms with E-state index in [0.29, 0.717) is 6.23 Å². The van der Waals surface area contributed by atoms with Crippen LogP contribution in [0, 0.1) is 0 Å². The topological polar surface area (TPSA) is 26.3 Å². The Morgan fingerprint density at radius 3 is 2.56 bits per heavy atom. The van der Waals surface area contributed by atoms with Crippen molar-refractivity contribution in [2.75, 3.05) is 6.23 Å². The van der Waals surface area contributed by atoms with Crippen molar-refractivity contribution in [3.63, 3.8) is 0 Å². The first-order chi connectivity index (χ1) is 8.62. The van der Waals surface area contributed by atoms with Crippen molar-refractivity contribution in [1.29, 1.82) is 0 Å². The largest absolute Gasteiger partial charge is 0.466 e. The Kier molecular flexibility index (Phi) is 6.12. The zero-order chi connectivity index (χ0) is 13.4. The van der Waals surface area contributed by atoms with Crippen LogP contribution in [0.1, 0.15) is 32.1 Å². The summed E-state index contributed by atoms with van der Waals surface area (Å²) < 4.78 is 5.33. The van der Waals surface area contributed by atoms with Crippen molar-refractivity contribution in [3.05, 3.63) is 37.1 Å². The molecule has 0 N–H and O–H groups in total. The molecule has 1 aliphatic rings. The highest BCUT2D eigenvalue weighted by molar-refractivity contribution is 6.84.